The van der Waals surface area contributed by atoms with Gasteiger partial charge in [-0.2, -0.15) is 0 Å². The van der Waals surface area contributed by atoms with Gasteiger partial charge in [0.1, 0.15) is 0 Å². The molecule has 0 radical (unpaired) electrons. The topological polar surface area (TPSA) is 31.4 Å². The van der Waals surface area contributed by atoms with Crippen molar-refractivity contribution >= 4 is 11.6 Å². The van der Waals surface area contributed by atoms with Gasteiger partial charge in [-0.05, 0) is 18.1 Å². The zero-order chi connectivity index (χ0) is 11.8. The van der Waals surface area contributed by atoms with E-state index in [1.165, 1.54) is 0 Å². The normalized spacial score (nSPS) is 10.4. The van der Waals surface area contributed by atoms with Crippen molar-refractivity contribution in [3.8, 4) is 5.88 Å². The van der Waals surface area contributed by atoms with Gasteiger partial charge in [0.2, 0.25) is 5.88 Å². The fourth-order valence-corrected chi connectivity index (χ4v) is 1.49. The van der Waals surface area contributed by atoms with E-state index in [1.807, 2.05) is 12.1 Å². The Bertz CT molecular complexity index is 296. The number of hydrogen-bond donors (Lipinski definition) is 0. The van der Waals surface area contributed by atoms with Crippen LogP contribution in [0.15, 0.2) is 12.1 Å². The first-order chi connectivity index (χ1) is 7.80. The van der Waals surface area contributed by atoms with Gasteiger partial charge in [-0.25, -0.2) is 4.98 Å². The number of pyridine rings is 1. The predicted octanol–water partition coefficient (Wildman–Crippen LogP) is 2.80. The van der Waals surface area contributed by atoms with Crippen LogP contribution >= 0.6 is 11.6 Å². The quantitative estimate of drug-likeness (QED) is 0.545. The maximum atomic E-state index is 5.81. The van der Waals surface area contributed by atoms with E-state index in [9.17, 15) is 0 Å². The molecule has 1 aromatic rings. The Morgan fingerprint density at radius 2 is 2.12 bits per heavy atom. The van der Waals surface area contributed by atoms with Crippen LogP contribution in [0.1, 0.15) is 24.6 Å². The number of rotatable bonds is 7. The minimum Gasteiger partial charge on any atom is -0.478 e. The number of alkyl halides is 1. The molecular formula is C12H18ClNO2. The molecule has 90 valence electrons. The smallest absolute Gasteiger partial charge is 0.213 e. The number of aryl methyl sites for hydroxylation is 1. The Morgan fingerprint density at radius 3 is 2.75 bits per heavy atom. The van der Waals surface area contributed by atoms with Crippen molar-refractivity contribution in [2.45, 2.75) is 25.6 Å². The van der Waals surface area contributed by atoms with Crippen LogP contribution in [-0.4, -0.2) is 25.3 Å². The van der Waals surface area contributed by atoms with Gasteiger partial charge >= 0.3 is 0 Å². The molecule has 0 aliphatic heterocycles. The van der Waals surface area contributed by atoms with Gasteiger partial charge in [-0.1, -0.05) is 6.92 Å². The summed E-state index contributed by atoms with van der Waals surface area (Å²) in [6, 6.07) is 3.90. The van der Waals surface area contributed by atoms with Crippen molar-refractivity contribution < 1.29 is 9.47 Å². The van der Waals surface area contributed by atoms with Crippen LogP contribution in [0.4, 0.5) is 0 Å². The summed E-state index contributed by atoms with van der Waals surface area (Å²) in [6.07, 6.45) is 1.75. The van der Waals surface area contributed by atoms with E-state index >= 15 is 0 Å². The fraction of sp³-hybridized carbons (Fsp3) is 0.583. The second-order valence-corrected chi connectivity index (χ2v) is 3.75. The maximum absolute atomic E-state index is 5.81. The highest BCUT2D eigenvalue weighted by Crippen LogP contribution is 2.15. The van der Waals surface area contributed by atoms with Crippen molar-refractivity contribution in [1.29, 1.82) is 0 Å². The molecule has 4 heteroatoms. The number of nitrogens with zero attached hydrogens (tertiary/aromatic N) is 1. The van der Waals surface area contributed by atoms with Gasteiger partial charge in [-0.15, -0.1) is 11.6 Å². The van der Waals surface area contributed by atoms with Crippen molar-refractivity contribution in [2.24, 2.45) is 0 Å². The van der Waals surface area contributed by atoms with Gasteiger partial charge in [-0.3, -0.25) is 0 Å². The van der Waals surface area contributed by atoms with Crippen LogP contribution < -0.4 is 4.74 Å². The van der Waals surface area contributed by atoms with E-state index in [-0.39, 0.29) is 0 Å². The van der Waals surface area contributed by atoms with Crippen LogP contribution in [0.3, 0.4) is 0 Å². The number of hydrogen-bond acceptors (Lipinski definition) is 3. The first-order valence-corrected chi connectivity index (χ1v) is 6.01. The van der Waals surface area contributed by atoms with E-state index < -0.39 is 0 Å². The van der Waals surface area contributed by atoms with Gasteiger partial charge in [0, 0.05) is 37.8 Å². The van der Waals surface area contributed by atoms with Crippen molar-refractivity contribution in [3.05, 3.63) is 23.4 Å². The molecule has 0 aliphatic rings. The molecule has 3 nitrogen and oxygen atoms in total. The molecule has 0 saturated heterocycles. The molecule has 0 unspecified atom stereocenters. The minimum atomic E-state index is 0.490. The number of methoxy groups -OCH3 is 1. The molecule has 0 spiro atoms. The summed E-state index contributed by atoms with van der Waals surface area (Å²) >= 11 is 5.81. The Morgan fingerprint density at radius 1 is 1.31 bits per heavy atom. The molecule has 0 amide bonds. The van der Waals surface area contributed by atoms with E-state index in [1.54, 1.807) is 7.11 Å². The number of halogens is 1. The summed E-state index contributed by atoms with van der Waals surface area (Å²) in [5.74, 6) is 1.15. The zero-order valence-electron chi connectivity index (χ0n) is 9.83. The predicted molar refractivity (Wildman–Crippen MR) is 65.2 cm³/mol. The van der Waals surface area contributed by atoms with Crippen LogP contribution in [0.25, 0.3) is 0 Å². The first-order valence-electron chi connectivity index (χ1n) is 5.47. The molecule has 0 atom stereocenters. The van der Waals surface area contributed by atoms with Gasteiger partial charge in [0.25, 0.3) is 0 Å². The molecule has 0 aliphatic carbocycles. The summed E-state index contributed by atoms with van der Waals surface area (Å²) in [5.41, 5.74) is 2.06. The monoisotopic (exact) mass is 243 g/mol. The Kier molecular flexibility index (Phi) is 6.19. The Labute approximate surface area is 102 Å². The summed E-state index contributed by atoms with van der Waals surface area (Å²) in [7, 11) is 1.68. The molecule has 16 heavy (non-hydrogen) atoms. The molecular weight excluding hydrogens is 226 g/mol. The van der Waals surface area contributed by atoms with E-state index in [4.69, 9.17) is 21.1 Å². The molecule has 1 rings (SSSR count). The average Bonchev–Trinajstić information content (AvgIpc) is 2.34. The molecule has 0 saturated carbocycles. The van der Waals surface area contributed by atoms with E-state index in [0.29, 0.717) is 25.0 Å². The van der Waals surface area contributed by atoms with Crippen LogP contribution in [0.5, 0.6) is 5.88 Å². The lowest BCUT2D eigenvalue weighted by atomic mass is 10.2. The van der Waals surface area contributed by atoms with Crippen LogP contribution in [0.2, 0.25) is 0 Å². The number of aromatic nitrogens is 1. The standard InChI is InChI=1S/C12H18ClNO2/c1-3-11-7-10(9-13)8-12(14-11)16-6-4-5-15-2/h7-8H,3-6,9H2,1-2H3. The highest BCUT2D eigenvalue weighted by atomic mass is 35.5. The average molecular weight is 244 g/mol. The van der Waals surface area contributed by atoms with E-state index in [0.717, 1.165) is 24.1 Å². The highest BCUT2D eigenvalue weighted by Gasteiger charge is 2.02. The third kappa shape index (κ3) is 4.37. The summed E-state index contributed by atoms with van der Waals surface area (Å²) in [5, 5.41) is 0. The molecule has 1 heterocycles. The summed E-state index contributed by atoms with van der Waals surface area (Å²) in [4.78, 5) is 4.38. The fourth-order valence-electron chi connectivity index (χ4n) is 1.33. The van der Waals surface area contributed by atoms with Gasteiger partial charge in [0.15, 0.2) is 0 Å². The first kappa shape index (κ1) is 13.3. The lowest BCUT2D eigenvalue weighted by Crippen LogP contribution is -2.04. The highest BCUT2D eigenvalue weighted by molar-refractivity contribution is 6.17. The van der Waals surface area contributed by atoms with Crippen molar-refractivity contribution in [1.82, 2.24) is 4.98 Å². The lowest BCUT2D eigenvalue weighted by Gasteiger charge is -2.08. The molecule has 1 aromatic heterocycles. The Hall–Kier alpha value is -0.800. The van der Waals surface area contributed by atoms with Gasteiger partial charge < -0.3 is 9.47 Å². The molecule has 0 bridgehead atoms. The number of ether oxygens (including phenoxy) is 2. The third-order valence-electron chi connectivity index (χ3n) is 2.17. The Balaban J connectivity index is 2.57. The van der Waals surface area contributed by atoms with Crippen LogP contribution in [0, 0.1) is 0 Å². The lowest BCUT2D eigenvalue weighted by molar-refractivity contribution is 0.170. The largest absolute Gasteiger partial charge is 0.478 e. The van der Waals surface area contributed by atoms with Crippen molar-refractivity contribution in [3.63, 3.8) is 0 Å². The summed E-state index contributed by atoms with van der Waals surface area (Å²) < 4.78 is 10.5. The third-order valence-corrected chi connectivity index (χ3v) is 2.48. The van der Waals surface area contributed by atoms with E-state index in [2.05, 4.69) is 11.9 Å². The SMILES string of the molecule is CCc1cc(CCl)cc(OCCCOC)n1. The second kappa shape index (κ2) is 7.47. The molecule has 0 fully saturated rings. The molecule has 0 N–H and O–H groups in total. The maximum Gasteiger partial charge on any atom is 0.213 e. The van der Waals surface area contributed by atoms with Gasteiger partial charge in [0.05, 0.1) is 6.61 Å². The zero-order valence-corrected chi connectivity index (χ0v) is 10.6. The van der Waals surface area contributed by atoms with Crippen molar-refractivity contribution in [2.75, 3.05) is 20.3 Å². The second-order valence-electron chi connectivity index (χ2n) is 3.49. The molecule has 0 aromatic carbocycles. The summed E-state index contributed by atoms with van der Waals surface area (Å²) in [6.45, 7) is 3.39. The minimum absolute atomic E-state index is 0.490. The van der Waals surface area contributed by atoms with Crippen LogP contribution in [-0.2, 0) is 17.0 Å².